The number of H-pyrrole nitrogens is 1. The quantitative estimate of drug-likeness (QED) is 0.863. The van der Waals surface area contributed by atoms with Crippen LogP contribution in [0.1, 0.15) is 36.2 Å². The van der Waals surface area contributed by atoms with Gasteiger partial charge < -0.3 is 5.73 Å². The number of benzene rings is 1. The van der Waals surface area contributed by atoms with Gasteiger partial charge in [-0.1, -0.05) is 43.7 Å². The van der Waals surface area contributed by atoms with Gasteiger partial charge in [-0.05, 0) is 37.7 Å². The molecular weight excluding hydrogens is 234 g/mol. The third-order valence-corrected chi connectivity index (χ3v) is 3.38. The van der Waals surface area contributed by atoms with Crippen LogP contribution in [0.3, 0.4) is 0 Å². The van der Waals surface area contributed by atoms with Gasteiger partial charge in [-0.3, -0.25) is 5.10 Å². The maximum Gasteiger partial charge on any atom is 0.148 e. The topological polar surface area (TPSA) is 54.7 Å². The lowest BCUT2D eigenvalue weighted by atomic mass is 9.99. The molecule has 2 aromatic rings. The molecule has 102 valence electrons. The fourth-order valence-corrected chi connectivity index (χ4v) is 2.28. The highest BCUT2D eigenvalue weighted by Crippen LogP contribution is 2.19. The number of aromatic nitrogens is 2. The van der Waals surface area contributed by atoms with Crippen LogP contribution in [0, 0.1) is 12.8 Å². The van der Waals surface area contributed by atoms with Gasteiger partial charge in [0.15, 0.2) is 0 Å². The van der Waals surface area contributed by atoms with Gasteiger partial charge in [-0.25, -0.2) is 0 Å². The standard InChI is InChI=1S/C16H23N3/c1-11(2)10-14-15(18-19-16(14)17)9-8-13-6-4-12(3)5-7-13/h4-7,11H,8-10H2,1-3H3,(H3,17,18,19). The Hall–Kier alpha value is -1.77. The molecule has 3 nitrogen and oxygen atoms in total. The molecule has 0 saturated carbocycles. The Labute approximate surface area is 115 Å². The molecule has 0 radical (unpaired) electrons. The van der Waals surface area contributed by atoms with E-state index in [1.807, 2.05) is 0 Å². The van der Waals surface area contributed by atoms with Crippen LogP contribution in [0.4, 0.5) is 5.82 Å². The molecule has 3 N–H and O–H groups in total. The Morgan fingerprint density at radius 2 is 1.84 bits per heavy atom. The monoisotopic (exact) mass is 257 g/mol. The minimum absolute atomic E-state index is 0.595. The van der Waals surface area contributed by atoms with Gasteiger partial charge in [0.25, 0.3) is 0 Å². The van der Waals surface area contributed by atoms with E-state index in [0.717, 1.165) is 19.3 Å². The molecule has 1 heterocycles. The smallest absolute Gasteiger partial charge is 0.148 e. The highest BCUT2D eigenvalue weighted by Gasteiger charge is 2.12. The lowest BCUT2D eigenvalue weighted by Crippen LogP contribution is -2.02. The van der Waals surface area contributed by atoms with Crippen molar-refractivity contribution >= 4 is 5.82 Å². The molecule has 0 fully saturated rings. The number of rotatable bonds is 5. The Bertz CT molecular complexity index is 523. The predicted octanol–water partition coefficient (Wildman–Crippen LogP) is 3.28. The van der Waals surface area contributed by atoms with Crippen molar-refractivity contribution in [3.8, 4) is 0 Å². The average molecular weight is 257 g/mol. The first-order valence-electron chi connectivity index (χ1n) is 6.93. The summed E-state index contributed by atoms with van der Waals surface area (Å²) in [6.07, 6.45) is 2.98. The van der Waals surface area contributed by atoms with E-state index in [9.17, 15) is 0 Å². The average Bonchev–Trinajstić information content (AvgIpc) is 2.70. The highest BCUT2D eigenvalue weighted by molar-refractivity contribution is 5.42. The summed E-state index contributed by atoms with van der Waals surface area (Å²) >= 11 is 0. The number of anilines is 1. The molecule has 19 heavy (non-hydrogen) atoms. The number of nitrogens with zero attached hydrogens (tertiary/aromatic N) is 1. The van der Waals surface area contributed by atoms with E-state index in [4.69, 9.17) is 5.73 Å². The molecule has 2 rings (SSSR count). The Morgan fingerprint density at radius 3 is 2.47 bits per heavy atom. The van der Waals surface area contributed by atoms with E-state index in [-0.39, 0.29) is 0 Å². The van der Waals surface area contributed by atoms with E-state index >= 15 is 0 Å². The van der Waals surface area contributed by atoms with Crippen molar-refractivity contribution in [1.29, 1.82) is 0 Å². The SMILES string of the molecule is Cc1ccc(CCc2[nH]nc(N)c2CC(C)C)cc1. The maximum atomic E-state index is 5.94. The number of nitrogens with two attached hydrogens (primary N) is 1. The van der Waals surface area contributed by atoms with E-state index in [2.05, 4.69) is 55.2 Å². The van der Waals surface area contributed by atoms with Crippen LogP contribution >= 0.6 is 0 Å². The summed E-state index contributed by atoms with van der Waals surface area (Å²) in [6, 6.07) is 8.70. The van der Waals surface area contributed by atoms with Crippen LogP contribution in [-0.2, 0) is 19.3 Å². The molecule has 0 spiro atoms. The fraction of sp³-hybridized carbons (Fsp3) is 0.438. The summed E-state index contributed by atoms with van der Waals surface area (Å²) in [4.78, 5) is 0. The van der Waals surface area contributed by atoms with Crippen molar-refractivity contribution in [1.82, 2.24) is 10.2 Å². The number of nitrogen functional groups attached to an aromatic ring is 1. The number of aromatic amines is 1. The van der Waals surface area contributed by atoms with Crippen molar-refractivity contribution in [2.75, 3.05) is 5.73 Å². The number of nitrogens with one attached hydrogen (secondary N) is 1. The van der Waals surface area contributed by atoms with E-state index < -0.39 is 0 Å². The lowest BCUT2D eigenvalue weighted by Gasteiger charge is -2.07. The second kappa shape index (κ2) is 5.91. The zero-order chi connectivity index (χ0) is 13.8. The van der Waals surface area contributed by atoms with Gasteiger partial charge in [0.05, 0.1) is 0 Å². The van der Waals surface area contributed by atoms with Crippen molar-refractivity contribution < 1.29 is 0 Å². The number of aryl methyl sites for hydroxylation is 3. The fourth-order valence-electron chi connectivity index (χ4n) is 2.28. The minimum Gasteiger partial charge on any atom is -0.382 e. The zero-order valence-corrected chi connectivity index (χ0v) is 12.0. The zero-order valence-electron chi connectivity index (χ0n) is 12.0. The van der Waals surface area contributed by atoms with Crippen LogP contribution in [0.15, 0.2) is 24.3 Å². The maximum absolute atomic E-state index is 5.94. The van der Waals surface area contributed by atoms with Crippen molar-refractivity contribution in [3.05, 3.63) is 46.6 Å². The van der Waals surface area contributed by atoms with Crippen LogP contribution in [0.25, 0.3) is 0 Å². The van der Waals surface area contributed by atoms with Crippen LogP contribution < -0.4 is 5.73 Å². The van der Waals surface area contributed by atoms with Gasteiger partial charge in [-0.15, -0.1) is 0 Å². The second-order valence-electron chi connectivity index (χ2n) is 5.65. The largest absolute Gasteiger partial charge is 0.382 e. The first-order chi connectivity index (χ1) is 9.06. The van der Waals surface area contributed by atoms with Crippen molar-refractivity contribution in [2.24, 2.45) is 5.92 Å². The Kier molecular flexibility index (Phi) is 4.25. The van der Waals surface area contributed by atoms with Gasteiger partial charge in [0.2, 0.25) is 0 Å². The first kappa shape index (κ1) is 13.7. The van der Waals surface area contributed by atoms with Crippen molar-refractivity contribution in [2.45, 2.75) is 40.0 Å². The van der Waals surface area contributed by atoms with Gasteiger partial charge in [0, 0.05) is 11.3 Å². The summed E-state index contributed by atoms with van der Waals surface area (Å²) in [6.45, 7) is 6.52. The number of hydrogen-bond acceptors (Lipinski definition) is 2. The third-order valence-electron chi connectivity index (χ3n) is 3.38. The predicted molar refractivity (Wildman–Crippen MR) is 80.1 cm³/mol. The van der Waals surface area contributed by atoms with Gasteiger partial charge in [0.1, 0.15) is 5.82 Å². The molecule has 3 heteroatoms. The second-order valence-corrected chi connectivity index (χ2v) is 5.65. The Balaban J connectivity index is 2.05. The summed E-state index contributed by atoms with van der Waals surface area (Å²) in [7, 11) is 0. The van der Waals surface area contributed by atoms with E-state index in [1.54, 1.807) is 0 Å². The van der Waals surface area contributed by atoms with E-state index in [1.165, 1.54) is 22.4 Å². The molecule has 1 aromatic heterocycles. The minimum atomic E-state index is 0.595. The molecule has 0 bridgehead atoms. The van der Waals surface area contributed by atoms with Crippen molar-refractivity contribution in [3.63, 3.8) is 0 Å². The molecule has 0 aliphatic rings. The first-order valence-corrected chi connectivity index (χ1v) is 6.93. The molecule has 0 saturated heterocycles. The summed E-state index contributed by atoms with van der Waals surface area (Å²) in [5.74, 6) is 1.26. The number of hydrogen-bond donors (Lipinski definition) is 2. The molecule has 0 aliphatic carbocycles. The molecule has 0 aliphatic heterocycles. The van der Waals surface area contributed by atoms with Gasteiger partial charge in [-0.2, -0.15) is 5.10 Å². The molecule has 0 unspecified atom stereocenters. The normalized spacial score (nSPS) is 11.2. The Morgan fingerprint density at radius 1 is 1.16 bits per heavy atom. The van der Waals surface area contributed by atoms with Crippen LogP contribution in [0.5, 0.6) is 0 Å². The third kappa shape index (κ3) is 3.60. The highest BCUT2D eigenvalue weighted by atomic mass is 15.2. The summed E-state index contributed by atoms with van der Waals surface area (Å²) in [5.41, 5.74) is 11.0. The van der Waals surface area contributed by atoms with Crippen LogP contribution in [-0.4, -0.2) is 10.2 Å². The molecule has 0 atom stereocenters. The summed E-state index contributed by atoms with van der Waals surface area (Å²) < 4.78 is 0. The summed E-state index contributed by atoms with van der Waals surface area (Å²) in [5, 5.41) is 7.23. The molecule has 0 amide bonds. The van der Waals surface area contributed by atoms with Crippen LogP contribution in [0.2, 0.25) is 0 Å². The molecule has 1 aromatic carbocycles. The van der Waals surface area contributed by atoms with Gasteiger partial charge >= 0.3 is 0 Å². The van der Waals surface area contributed by atoms with E-state index in [0.29, 0.717) is 11.7 Å². The molecular formula is C16H23N3. The lowest BCUT2D eigenvalue weighted by molar-refractivity contribution is 0.643.